The molecule has 0 aromatic rings. The van der Waals surface area contributed by atoms with Crippen LogP contribution in [0.25, 0.3) is 0 Å². The average molecular weight is 430 g/mol. The van der Waals surface area contributed by atoms with Crippen LogP contribution in [-0.4, -0.2) is 5.54 Å². The summed E-state index contributed by atoms with van der Waals surface area (Å²) in [7, 11) is 0. The molecule has 0 saturated heterocycles. The summed E-state index contributed by atoms with van der Waals surface area (Å²) in [6.07, 6.45) is 27.8. The maximum atomic E-state index is 6.99. The van der Waals surface area contributed by atoms with E-state index in [9.17, 15) is 0 Å². The van der Waals surface area contributed by atoms with E-state index in [4.69, 9.17) is 5.73 Å². The number of unbranched alkanes of at least 4 members (excludes halogenated alkanes) is 15. The average Bonchev–Trinajstić information content (AvgIpc) is 2.69. The van der Waals surface area contributed by atoms with Crippen molar-refractivity contribution in [3.8, 4) is 0 Å². The molecule has 176 valence electrons. The minimum Gasteiger partial charge on any atom is -0.322 e. The largest absolute Gasteiger partial charge is 0.322 e. The summed E-state index contributed by atoms with van der Waals surface area (Å²) in [5, 5.41) is 0. The van der Waals surface area contributed by atoms with Crippen molar-refractivity contribution in [2.24, 2.45) is 5.73 Å². The molecule has 0 aromatic heterocycles. The third-order valence-corrected chi connectivity index (χ3v) is 6.49. The molecule has 0 fully saturated rings. The molecule has 0 aliphatic carbocycles. The molecule has 0 aliphatic heterocycles. The number of rotatable bonds is 22. The topological polar surface area (TPSA) is 26.0 Å². The monoisotopic (exact) mass is 429 g/mol. The minimum absolute atomic E-state index is 0. The summed E-state index contributed by atoms with van der Waals surface area (Å²) in [5.41, 5.74) is 8.24. The third-order valence-electron chi connectivity index (χ3n) is 6.49. The lowest BCUT2D eigenvalue weighted by atomic mass is 9.79. The molecule has 1 nitrogen and oxygen atoms in total. The van der Waals surface area contributed by atoms with Crippen LogP contribution in [0.3, 0.4) is 0 Å². The van der Waals surface area contributed by atoms with E-state index in [1.165, 1.54) is 121 Å². The summed E-state index contributed by atoms with van der Waals surface area (Å²) in [6.45, 7) is 11.4. The maximum absolute atomic E-state index is 6.99. The van der Waals surface area contributed by atoms with Gasteiger partial charge in [0.25, 0.3) is 0 Å². The first-order valence-corrected chi connectivity index (χ1v) is 13.1. The van der Waals surface area contributed by atoms with Crippen molar-refractivity contribution in [2.45, 2.75) is 161 Å². The quantitative estimate of drug-likeness (QED) is 0.134. The summed E-state index contributed by atoms with van der Waals surface area (Å²) in [5.74, 6) is 0. The molecule has 0 radical (unpaired) electrons. The Hall–Kier alpha value is -0.0100. The second kappa shape index (κ2) is 22.7. The number of nitrogens with two attached hydrogens (primary N) is 1. The minimum atomic E-state index is -0.0983. The lowest BCUT2D eigenvalue weighted by Crippen LogP contribution is -2.41. The van der Waals surface area contributed by atoms with Crippen LogP contribution in [-0.2, 0) is 0 Å². The zero-order valence-corrected chi connectivity index (χ0v) is 21.4. The van der Waals surface area contributed by atoms with Crippen LogP contribution in [0.1, 0.15) is 156 Å². The zero-order chi connectivity index (χ0) is 20.9. The Bertz CT molecular complexity index is 323. The number of hydrogen-bond acceptors (Lipinski definition) is 1. The van der Waals surface area contributed by atoms with Crippen molar-refractivity contribution < 1.29 is 0 Å². The van der Waals surface area contributed by atoms with Crippen molar-refractivity contribution in [2.75, 3.05) is 0 Å². The van der Waals surface area contributed by atoms with E-state index in [2.05, 4.69) is 27.4 Å². The van der Waals surface area contributed by atoms with E-state index in [1.54, 1.807) is 0 Å². The van der Waals surface area contributed by atoms with Gasteiger partial charge in [0.2, 0.25) is 0 Å². The molecule has 0 spiro atoms. The van der Waals surface area contributed by atoms with Gasteiger partial charge in [-0.05, 0) is 25.7 Å². The smallest absolute Gasteiger partial charge is 0.0366 e. The molecule has 29 heavy (non-hydrogen) atoms. The fourth-order valence-corrected chi connectivity index (χ4v) is 4.29. The van der Waals surface area contributed by atoms with Gasteiger partial charge in [-0.2, -0.15) is 0 Å². The molecule has 2 heteroatoms. The Kier molecular flexibility index (Phi) is 24.4. The third kappa shape index (κ3) is 18.5. The molecule has 0 amide bonds. The highest BCUT2D eigenvalue weighted by Gasteiger charge is 2.26. The molecule has 0 aromatic carbocycles. The Balaban J connectivity index is 0. The molecular formula is C27H56ClN. The second-order valence-corrected chi connectivity index (χ2v) is 9.31. The molecule has 0 bridgehead atoms. The fourth-order valence-electron chi connectivity index (χ4n) is 4.29. The predicted octanol–water partition coefficient (Wildman–Crippen LogP) is 9.91. The molecule has 2 N–H and O–H groups in total. The summed E-state index contributed by atoms with van der Waals surface area (Å²) >= 11 is 0. The Morgan fingerprint density at radius 2 is 0.862 bits per heavy atom. The van der Waals surface area contributed by atoms with Crippen LogP contribution >= 0.6 is 12.4 Å². The van der Waals surface area contributed by atoms with Crippen molar-refractivity contribution in [3.05, 3.63) is 12.2 Å². The van der Waals surface area contributed by atoms with E-state index in [-0.39, 0.29) is 17.9 Å². The lowest BCUT2D eigenvalue weighted by molar-refractivity contribution is 0.373. The first-order valence-electron chi connectivity index (χ1n) is 13.1. The van der Waals surface area contributed by atoms with E-state index >= 15 is 0 Å². The highest BCUT2D eigenvalue weighted by Crippen LogP contribution is 2.30. The van der Waals surface area contributed by atoms with Gasteiger partial charge in [0, 0.05) is 5.54 Å². The van der Waals surface area contributed by atoms with Crippen LogP contribution in [0, 0.1) is 0 Å². The Morgan fingerprint density at radius 3 is 1.24 bits per heavy atom. The normalized spacial score (nSPS) is 11.4. The highest BCUT2D eigenvalue weighted by atomic mass is 35.5. The SMILES string of the molecule is C=C(CCCCCCCC)C(N)(CCCCCCCC)CCCCCCCC.Cl. The Morgan fingerprint density at radius 1 is 0.552 bits per heavy atom. The highest BCUT2D eigenvalue weighted by molar-refractivity contribution is 5.85. The van der Waals surface area contributed by atoms with Gasteiger partial charge in [-0.3, -0.25) is 0 Å². The van der Waals surface area contributed by atoms with Crippen LogP contribution in [0.4, 0.5) is 0 Å². The van der Waals surface area contributed by atoms with Crippen LogP contribution in [0.5, 0.6) is 0 Å². The standard InChI is InChI=1S/C27H55N.ClH/c1-5-8-11-14-17-20-23-26(4)27(28,24-21-18-15-12-9-6-2)25-22-19-16-13-10-7-3;/h4-25,28H2,1-3H3;1H. The lowest BCUT2D eigenvalue weighted by Gasteiger charge is -2.32. The van der Waals surface area contributed by atoms with Crippen LogP contribution < -0.4 is 5.73 Å². The van der Waals surface area contributed by atoms with Crippen LogP contribution in [0.15, 0.2) is 12.2 Å². The molecule has 0 atom stereocenters. The molecule has 0 aliphatic rings. The van der Waals surface area contributed by atoms with Crippen LogP contribution in [0.2, 0.25) is 0 Å². The van der Waals surface area contributed by atoms with Gasteiger partial charge >= 0.3 is 0 Å². The van der Waals surface area contributed by atoms with Gasteiger partial charge in [-0.15, -0.1) is 12.4 Å². The van der Waals surface area contributed by atoms with Crippen molar-refractivity contribution >= 4 is 12.4 Å². The molecular weight excluding hydrogens is 374 g/mol. The summed E-state index contributed by atoms with van der Waals surface area (Å²) in [6, 6.07) is 0. The van der Waals surface area contributed by atoms with Gasteiger partial charge in [-0.25, -0.2) is 0 Å². The summed E-state index contributed by atoms with van der Waals surface area (Å²) < 4.78 is 0. The van der Waals surface area contributed by atoms with Gasteiger partial charge in [0.15, 0.2) is 0 Å². The number of halogens is 1. The fraction of sp³-hybridized carbons (Fsp3) is 0.926. The van der Waals surface area contributed by atoms with Gasteiger partial charge in [0.05, 0.1) is 0 Å². The van der Waals surface area contributed by atoms with E-state index < -0.39 is 0 Å². The van der Waals surface area contributed by atoms with Crippen molar-refractivity contribution in [3.63, 3.8) is 0 Å². The Labute approximate surface area is 191 Å². The molecule has 0 unspecified atom stereocenters. The molecule has 0 heterocycles. The number of hydrogen-bond donors (Lipinski definition) is 1. The van der Waals surface area contributed by atoms with Gasteiger partial charge < -0.3 is 5.73 Å². The first kappa shape index (κ1) is 31.2. The maximum Gasteiger partial charge on any atom is 0.0366 e. The summed E-state index contributed by atoms with van der Waals surface area (Å²) in [4.78, 5) is 0. The molecule has 0 rings (SSSR count). The zero-order valence-electron chi connectivity index (χ0n) is 20.5. The predicted molar refractivity (Wildman–Crippen MR) is 137 cm³/mol. The van der Waals surface area contributed by atoms with E-state index in [1.807, 2.05) is 0 Å². The first-order chi connectivity index (χ1) is 13.6. The second-order valence-electron chi connectivity index (χ2n) is 9.31. The van der Waals surface area contributed by atoms with Gasteiger partial charge in [-0.1, -0.05) is 142 Å². The molecule has 0 saturated carbocycles. The van der Waals surface area contributed by atoms with Crippen molar-refractivity contribution in [1.82, 2.24) is 0 Å². The van der Waals surface area contributed by atoms with Gasteiger partial charge in [0.1, 0.15) is 0 Å². The van der Waals surface area contributed by atoms with Crippen molar-refractivity contribution in [1.29, 1.82) is 0 Å². The van der Waals surface area contributed by atoms with E-state index in [0.29, 0.717) is 0 Å². The van der Waals surface area contributed by atoms with E-state index in [0.717, 1.165) is 19.3 Å².